The van der Waals surface area contributed by atoms with Gasteiger partial charge in [0.15, 0.2) is 0 Å². The summed E-state index contributed by atoms with van der Waals surface area (Å²) in [6, 6.07) is 0. The summed E-state index contributed by atoms with van der Waals surface area (Å²) in [5.41, 5.74) is 0. The van der Waals surface area contributed by atoms with E-state index < -0.39 is 24.2 Å². The second-order valence-corrected chi connectivity index (χ2v) is 2.94. The maximum absolute atomic E-state index is 12.5. The van der Waals surface area contributed by atoms with Gasteiger partial charge in [0.05, 0.1) is 5.92 Å². The third-order valence-electron chi connectivity index (χ3n) is 1.94. The van der Waals surface area contributed by atoms with Crippen molar-refractivity contribution in [3.8, 4) is 0 Å². The molecule has 0 radical (unpaired) electrons. The SMILES string of the molecule is O=C(O)C1CC(F)CC(F)C1. The van der Waals surface area contributed by atoms with Crippen molar-refractivity contribution in [1.82, 2.24) is 0 Å². The highest BCUT2D eigenvalue weighted by Crippen LogP contribution is 2.28. The first-order valence-electron chi connectivity index (χ1n) is 3.60. The smallest absolute Gasteiger partial charge is 0.306 e. The fourth-order valence-electron chi connectivity index (χ4n) is 1.39. The van der Waals surface area contributed by atoms with E-state index in [0.29, 0.717) is 0 Å². The Morgan fingerprint density at radius 2 is 1.64 bits per heavy atom. The van der Waals surface area contributed by atoms with Crippen LogP contribution in [0, 0.1) is 5.92 Å². The predicted octanol–water partition coefficient (Wildman–Crippen LogP) is 1.55. The van der Waals surface area contributed by atoms with Gasteiger partial charge in [-0.15, -0.1) is 0 Å². The Balaban J connectivity index is 2.49. The highest BCUT2D eigenvalue weighted by atomic mass is 19.1. The van der Waals surface area contributed by atoms with Crippen LogP contribution < -0.4 is 0 Å². The van der Waals surface area contributed by atoms with Crippen molar-refractivity contribution in [2.45, 2.75) is 31.6 Å². The molecule has 2 unspecified atom stereocenters. The lowest BCUT2D eigenvalue weighted by atomic mass is 9.87. The van der Waals surface area contributed by atoms with Gasteiger partial charge >= 0.3 is 5.97 Å². The second-order valence-electron chi connectivity index (χ2n) is 2.94. The van der Waals surface area contributed by atoms with E-state index in [1.807, 2.05) is 0 Å². The molecule has 0 saturated heterocycles. The number of halogens is 2. The van der Waals surface area contributed by atoms with Crippen LogP contribution in [0.2, 0.25) is 0 Å². The highest BCUT2D eigenvalue weighted by Gasteiger charge is 2.32. The minimum atomic E-state index is -1.28. The minimum Gasteiger partial charge on any atom is -0.481 e. The zero-order valence-corrected chi connectivity index (χ0v) is 5.96. The molecule has 0 heterocycles. The van der Waals surface area contributed by atoms with E-state index in [1.54, 1.807) is 0 Å². The summed E-state index contributed by atoms with van der Waals surface area (Å²) in [5, 5.41) is 8.44. The van der Waals surface area contributed by atoms with Crippen molar-refractivity contribution in [2.75, 3.05) is 0 Å². The summed E-state index contributed by atoms with van der Waals surface area (Å²) in [6.07, 6.45) is -2.75. The molecule has 0 aromatic heterocycles. The highest BCUT2D eigenvalue weighted by molar-refractivity contribution is 5.70. The summed E-state index contributed by atoms with van der Waals surface area (Å²) >= 11 is 0. The van der Waals surface area contributed by atoms with E-state index in [-0.39, 0.29) is 19.3 Å². The van der Waals surface area contributed by atoms with Crippen LogP contribution in [0.1, 0.15) is 19.3 Å². The van der Waals surface area contributed by atoms with Crippen LogP contribution in [-0.2, 0) is 4.79 Å². The van der Waals surface area contributed by atoms with Crippen LogP contribution in [0.25, 0.3) is 0 Å². The van der Waals surface area contributed by atoms with E-state index in [9.17, 15) is 13.6 Å². The van der Waals surface area contributed by atoms with Gasteiger partial charge in [0.25, 0.3) is 0 Å². The average Bonchev–Trinajstić information content (AvgIpc) is 1.85. The van der Waals surface area contributed by atoms with Crippen LogP contribution in [0.4, 0.5) is 8.78 Å². The molecule has 64 valence electrons. The van der Waals surface area contributed by atoms with Crippen LogP contribution >= 0.6 is 0 Å². The average molecular weight is 164 g/mol. The number of carbonyl (C=O) groups is 1. The Bertz CT molecular complexity index is 151. The van der Waals surface area contributed by atoms with Crippen LogP contribution in [0.3, 0.4) is 0 Å². The first-order chi connectivity index (χ1) is 5.09. The molecule has 1 saturated carbocycles. The molecule has 0 amide bonds. The largest absolute Gasteiger partial charge is 0.481 e. The molecular weight excluding hydrogens is 154 g/mol. The molecule has 0 aromatic rings. The van der Waals surface area contributed by atoms with Crippen molar-refractivity contribution < 1.29 is 18.7 Å². The lowest BCUT2D eigenvalue weighted by molar-refractivity contribution is -0.144. The predicted molar refractivity (Wildman–Crippen MR) is 34.8 cm³/mol. The lowest BCUT2D eigenvalue weighted by Crippen LogP contribution is -2.29. The van der Waals surface area contributed by atoms with Crippen molar-refractivity contribution in [3.05, 3.63) is 0 Å². The maximum atomic E-state index is 12.5. The van der Waals surface area contributed by atoms with Gasteiger partial charge in [-0.25, -0.2) is 8.78 Å². The monoisotopic (exact) mass is 164 g/mol. The Morgan fingerprint density at radius 3 is 2.00 bits per heavy atom. The maximum Gasteiger partial charge on any atom is 0.306 e. The summed E-state index contributed by atoms with van der Waals surface area (Å²) in [5.74, 6) is -1.91. The molecule has 1 aliphatic carbocycles. The molecule has 11 heavy (non-hydrogen) atoms. The fourth-order valence-corrected chi connectivity index (χ4v) is 1.39. The topological polar surface area (TPSA) is 37.3 Å². The molecule has 0 aromatic carbocycles. The summed E-state index contributed by atoms with van der Waals surface area (Å²) in [7, 11) is 0. The van der Waals surface area contributed by atoms with Crippen molar-refractivity contribution in [1.29, 1.82) is 0 Å². The van der Waals surface area contributed by atoms with Crippen LogP contribution in [0.5, 0.6) is 0 Å². The van der Waals surface area contributed by atoms with Crippen molar-refractivity contribution in [2.24, 2.45) is 5.92 Å². The lowest BCUT2D eigenvalue weighted by Gasteiger charge is -2.23. The van der Waals surface area contributed by atoms with Gasteiger partial charge in [0.1, 0.15) is 12.3 Å². The molecule has 0 aliphatic heterocycles. The van der Waals surface area contributed by atoms with E-state index >= 15 is 0 Å². The Kier molecular flexibility index (Phi) is 2.42. The standard InChI is InChI=1S/C7H10F2O2/c8-5-1-4(7(10)11)2-6(9)3-5/h4-6H,1-3H2,(H,10,11). The number of hydrogen-bond acceptors (Lipinski definition) is 1. The van der Waals surface area contributed by atoms with Gasteiger partial charge in [-0.3, -0.25) is 4.79 Å². The molecule has 1 aliphatic rings. The third kappa shape index (κ3) is 2.13. The molecule has 0 spiro atoms. The summed E-state index contributed by atoms with van der Waals surface area (Å²) in [4.78, 5) is 10.3. The number of alkyl halides is 2. The third-order valence-corrected chi connectivity index (χ3v) is 1.94. The van der Waals surface area contributed by atoms with E-state index in [2.05, 4.69) is 0 Å². The minimum absolute atomic E-state index is 0.0320. The molecule has 4 heteroatoms. The summed E-state index contributed by atoms with van der Waals surface area (Å²) in [6.45, 7) is 0. The van der Waals surface area contributed by atoms with Crippen LogP contribution in [0.15, 0.2) is 0 Å². The molecule has 1 rings (SSSR count). The van der Waals surface area contributed by atoms with Gasteiger partial charge in [-0.2, -0.15) is 0 Å². The molecule has 1 fully saturated rings. The Morgan fingerprint density at radius 1 is 1.18 bits per heavy atom. The number of hydrogen-bond donors (Lipinski definition) is 1. The van der Waals surface area contributed by atoms with Gasteiger partial charge in [-0.1, -0.05) is 0 Å². The number of aliphatic carboxylic acids is 1. The fraction of sp³-hybridized carbons (Fsp3) is 0.857. The number of carboxylic acid groups (broad SMARTS) is 1. The van der Waals surface area contributed by atoms with Crippen molar-refractivity contribution in [3.63, 3.8) is 0 Å². The normalized spacial score (nSPS) is 38.5. The van der Waals surface area contributed by atoms with Crippen LogP contribution in [-0.4, -0.2) is 23.4 Å². The molecule has 1 N–H and O–H groups in total. The number of carboxylic acids is 1. The van der Waals surface area contributed by atoms with Gasteiger partial charge in [-0.05, 0) is 12.8 Å². The van der Waals surface area contributed by atoms with Gasteiger partial charge < -0.3 is 5.11 Å². The first-order valence-corrected chi connectivity index (χ1v) is 3.60. The number of rotatable bonds is 1. The van der Waals surface area contributed by atoms with E-state index in [0.717, 1.165) is 0 Å². The van der Waals surface area contributed by atoms with Gasteiger partial charge in [0, 0.05) is 6.42 Å². The molecule has 0 bridgehead atoms. The zero-order chi connectivity index (χ0) is 8.43. The Labute approximate surface area is 63.2 Å². The van der Waals surface area contributed by atoms with Crippen molar-refractivity contribution >= 4 is 5.97 Å². The molecule has 2 atom stereocenters. The zero-order valence-electron chi connectivity index (χ0n) is 5.96. The quantitative estimate of drug-likeness (QED) is 0.638. The molecular formula is C7H10F2O2. The second kappa shape index (κ2) is 3.15. The Hall–Kier alpha value is -0.670. The van der Waals surface area contributed by atoms with Gasteiger partial charge in [0.2, 0.25) is 0 Å². The summed E-state index contributed by atoms with van der Waals surface area (Å²) < 4.78 is 25.1. The molecule has 2 nitrogen and oxygen atoms in total. The first kappa shape index (κ1) is 8.43. The van der Waals surface area contributed by atoms with E-state index in [4.69, 9.17) is 5.11 Å². The van der Waals surface area contributed by atoms with E-state index in [1.165, 1.54) is 0 Å².